The summed E-state index contributed by atoms with van der Waals surface area (Å²) in [7, 11) is 0. The third-order valence-corrected chi connectivity index (χ3v) is 3.57. The smallest absolute Gasteiger partial charge is 0.162 e. The molecule has 0 saturated heterocycles. The van der Waals surface area contributed by atoms with Gasteiger partial charge in [0.25, 0.3) is 0 Å². The van der Waals surface area contributed by atoms with E-state index in [4.69, 9.17) is 40.5 Å². The zero-order valence-electron chi connectivity index (χ0n) is 10.1. The van der Waals surface area contributed by atoms with Crippen molar-refractivity contribution in [1.82, 2.24) is 9.97 Å². The number of hydrogen-bond donors (Lipinski definition) is 1. The van der Waals surface area contributed by atoms with Crippen LogP contribution in [-0.2, 0) is 0 Å². The number of fused-ring (bicyclic) bond motifs is 1. The number of nitrogen functional groups attached to an aromatic ring is 1. The van der Waals surface area contributed by atoms with Crippen LogP contribution < -0.4 is 5.73 Å². The predicted octanol–water partition coefficient (Wildman–Crippen LogP) is 4.84. The molecule has 0 amide bonds. The molecule has 100 valence electrons. The molecule has 3 aromatic rings. The number of rotatable bonds is 1. The highest BCUT2D eigenvalue weighted by molar-refractivity contribution is 6.38. The van der Waals surface area contributed by atoms with Gasteiger partial charge < -0.3 is 5.73 Å². The van der Waals surface area contributed by atoms with Gasteiger partial charge in [0.2, 0.25) is 0 Å². The summed E-state index contributed by atoms with van der Waals surface area (Å²) in [6, 6.07) is 10.6. The highest BCUT2D eigenvalue weighted by Crippen LogP contribution is 2.31. The lowest BCUT2D eigenvalue weighted by molar-refractivity contribution is 1.23. The van der Waals surface area contributed by atoms with Crippen LogP contribution >= 0.6 is 34.8 Å². The van der Waals surface area contributed by atoms with Crippen LogP contribution in [0.5, 0.6) is 0 Å². The molecular weight excluding hydrogens is 317 g/mol. The summed E-state index contributed by atoms with van der Waals surface area (Å²) < 4.78 is 0. The summed E-state index contributed by atoms with van der Waals surface area (Å²) in [6.07, 6.45) is 0. The van der Waals surface area contributed by atoms with Crippen molar-refractivity contribution in [1.29, 1.82) is 0 Å². The Morgan fingerprint density at radius 3 is 2.45 bits per heavy atom. The topological polar surface area (TPSA) is 51.8 Å². The van der Waals surface area contributed by atoms with Crippen LogP contribution in [0, 0.1) is 0 Å². The molecule has 0 fully saturated rings. The second kappa shape index (κ2) is 5.09. The van der Waals surface area contributed by atoms with Crippen LogP contribution in [0.25, 0.3) is 22.3 Å². The van der Waals surface area contributed by atoms with Gasteiger partial charge >= 0.3 is 0 Å². The van der Waals surface area contributed by atoms with Crippen molar-refractivity contribution in [3.63, 3.8) is 0 Å². The van der Waals surface area contributed by atoms with Gasteiger partial charge in [-0.3, -0.25) is 0 Å². The fraction of sp³-hybridized carbons (Fsp3) is 0. The van der Waals surface area contributed by atoms with Crippen LogP contribution in [0.15, 0.2) is 36.4 Å². The third-order valence-electron chi connectivity index (χ3n) is 2.83. The Kier molecular flexibility index (Phi) is 3.42. The van der Waals surface area contributed by atoms with Gasteiger partial charge in [0.1, 0.15) is 5.82 Å². The van der Waals surface area contributed by atoms with Gasteiger partial charge in [-0.15, -0.1) is 0 Å². The Balaban J connectivity index is 2.29. The molecule has 0 aliphatic heterocycles. The number of hydrogen-bond acceptors (Lipinski definition) is 3. The van der Waals surface area contributed by atoms with Gasteiger partial charge in [0.05, 0.1) is 10.5 Å². The molecule has 0 bridgehead atoms. The Labute approximate surface area is 130 Å². The van der Waals surface area contributed by atoms with E-state index in [1.54, 1.807) is 24.3 Å². The maximum atomic E-state index is 6.17. The predicted molar refractivity (Wildman–Crippen MR) is 84.4 cm³/mol. The van der Waals surface area contributed by atoms with Crippen molar-refractivity contribution in [2.45, 2.75) is 0 Å². The van der Waals surface area contributed by atoms with E-state index < -0.39 is 0 Å². The van der Waals surface area contributed by atoms with Crippen LogP contribution in [0.3, 0.4) is 0 Å². The van der Waals surface area contributed by atoms with Crippen LogP contribution in [0.2, 0.25) is 15.1 Å². The highest BCUT2D eigenvalue weighted by atomic mass is 35.5. The van der Waals surface area contributed by atoms with E-state index in [2.05, 4.69) is 9.97 Å². The molecule has 1 heterocycles. The molecule has 20 heavy (non-hydrogen) atoms. The average molecular weight is 325 g/mol. The van der Waals surface area contributed by atoms with Crippen molar-refractivity contribution in [2.75, 3.05) is 5.73 Å². The Hall–Kier alpha value is -1.55. The van der Waals surface area contributed by atoms with Gasteiger partial charge in [-0.05, 0) is 24.3 Å². The normalized spacial score (nSPS) is 10.9. The standard InChI is InChI=1S/C14H8Cl3N3/c15-8-3-1-2-7(4-8)14-19-12-10(13(18)20-14)5-9(16)6-11(12)17/h1-6H,(H2,18,19,20). The molecule has 0 radical (unpaired) electrons. The Morgan fingerprint density at radius 2 is 1.70 bits per heavy atom. The zero-order chi connectivity index (χ0) is 14.3. The molecule has 2 aromatic carbocycles. The summed E-state index contributed by atoms with van der Waals surface area (Å²) in [4.78, 5) is 8.73. The summed E-state index contributed by atoms with van der Waals surface area (Å²) in [5.41, 5.74) is 7.31. The Bertz CT molecular complexity index is 818. The van der Waals surface area contributed by atoms with Gasteiger partial charge in [-0.2, -0.15) is 0 Å². The second-order valence-corrected chi connectivity index (χ2v) is 5.51. The molecule has 0 atom stereocenters. The molecule has 0 unspecified atom stereocenters. The van der Waals surface area contributed by atoms with E-state index in [1.165, 1.54) is 0 Å². The molecule has 3 nitrogen and oxygen atoms in total. The maximum Gasteiger partial charge on any atom is 0.162 e. The van der Waals surface area contributed by atoms with Crippen LogP contribution in [0.4, 0.5) is 5.82 Å². The summed E-state index contributed by atoms with van der Waals surface area (Å²) in [6.45, 7) is 0. The Morgan fingerprint density at radius 1 is 0.900 bits per heavy atom. The number of nitrogens with zero attached hydrogens (tertiary/aromatic N) is 2. The first-order valence-electron chi connectivity index (χ1n) is 5.73. The summed E-state index contributed by atoms with van der Waals surface area (Å²) >= 11 is 18.1. The van der Waals surface area contributed by atoms with Crippen LogP contribution in [0.1, 0.15) is 0 Å². The minimum Gasteiger partial charge on any atom is -0.383 e. The van der Waals surface area contributed by atoms with E-state index >= 15 is 0 Å². The van der Waals surface area contributed by atoms with Crippen molar-refractivity contribution >= 4 is 51.5 Å². The SMILES string of the molecule is Nc1nc(-c2cccc(Cl)c2)nc2c(Cl)cc(Cl)cc12. The number of nitrogens with two attached hydrogens (primary N) is 1. The van der Waals surface area contributed by atoms with Gasteiger partial charge in [0.15, 0.2) is 5.82 Å². The van der Waals surface area contributed by atoms with E-state index in [0.29, 0.717) is 37.6 Å². The molecular formula is C14H8Cl3N3. The first kappa shape index (κ1) is 13.4. The zero-order valence-corrected chi connectivity index (χ0v) is 12.3. The molecule has 3 rings (SSSR count). The number of aromatic nitrogens is 2. The maximum absolute atomic E-state index is 6.17. The molecule has 0 saturated carbocycles. The molecule has 2 N–H and O–H groups in total. The van der Waals surface area contributed by atoms with Crippen molar-refractivity contribution < 1.29 is 0 Å². The third kappa shape index (κ3) is 2.40. The van der Waals surface area contributed by atoms with Gasteiger partial charge in [-0.1, -0.05) is 46.9 Å². The van der Waals surface area contributed by atoms with Crippen molar-refractivity contribution in [2.24, 2.45) is 0 Å². The lowest BCUT2D eigenvalue weighted by atomic mass is 10.2. The largest absolute Gasteiger partial charge is 0.383 e. The highest BCUT2D eigenvalue weighted by Gasteiger charge is 2.11. The number of anilines is 1. The lowest BCUT2D eigenvalue weighted by Gasteiger charge is -2.07. The molecule has 0 spiro atoms. The van der Waals surface area contributed by atoms with Gasteiger partial charge in [-0.25, -0.2) is 9.97 Å². The first-order valence-corrected chi connectivity index (χ1v) is 6.86. The second-order valence-electron chi connectivity index (χ2n) is 4.23. The minimum absolute atomic E-state index is 0.328. The van der Waals surface area contributed by atoms with Crippen molar-refractivity contribution in [3.05, 3.63) is 51.5 Å². The first-order chi connectivity index (χ1) is 9.54. The fourth-order valence-electron chi connectivity index (χ4n) is 1.94. The average Bonchev–Trinajstić information content (AvgIpc) is 2.39. The summed E-state index contributed by atoms with van der Waals surface area (Å²) in [5, 5.41) is 2.17. The van der Waals surface area contributed by atoms with E-state index in [0.717, 1.165) is 5.56 Å². The lowest BCUT2D eigenvalue weighted by Crippen LogP contribution is -1.98. The molecule has 6 heteroatoms. The molecule has 0 aliphatic rings. The molecule has 1 aromatic heterocycles. The minimum atomic E-state index is 0.328. The summed E-state index contributed by atoms with van der Waals surface area (Å²) in [5.74, 6) is 0.802. The van der Waals surface area contributed by atoms with E-state index in [1.807, 2.05) is 12.1 Å². The fourth-order valence-corrected chi connectivity index (χ4v) is 2.66. The molecule has 0 aliphatic carbocycles. The quantitative estimate of drug-likeness (QED) is 0.697. The number of halogens is 3. The monoisotopic (exact) mass is 323 g/mol. The number of benzene rings is 2. The van der Waals surface area contributed by atoms with E-state index in [9.17, 15) is 0 Å². The van der Waals surface area contributed by atoms with Crippen molar-refractivity contribution in [3.8, 4) is 11.4 Å². The van der Waals surface area contributed by atoms with Gasteiger partial charge in [0, 0.05) is 21.0 Å². The van der Waals surface area contributed by atoms with Crippen LogP contribution in [-0.4, -0.2) is 9.97 Å². The van der Waals surface area contributed by atoms with E-state index in [-0.39, 0.29) is 0 Å².